The molecule has 0 aromatic carbocycles. The van der Waals surface area contributed by atoms with Crippen molar-refractivity contribution < 1.29 is 14.3 Å². The molecule has 1 unspecified atom stereocenters. The summed E-state index contributed by atoms with van der Waals surface area (Å²) in [5.41, 5.74) is -0.376. The lowest BCUT2D eigenvalue weighted by Gasteiger charge is -2.22. The van der Waals surface area contributed by atoms with Crippen LogP contribution in [-0.2, 0) is 14.3 Å². The lowest BCUT2D eigenvalue weighted by molar-refractivity contribution is -0.141. The van der Waals surface area contributed by atoms with Gasteiger partial charge in [0, 0.05) is 32.2 Å². The molecule has 2 aliphatic heterocycles. The van der Waals surface area contributed by atoms with Crippen molar-refractivity contribution in [1.29, 1.82) is 0 Å². The van der Waals surface area contributed by atoms with Gasteiger partial charge in [0.05, 0.1) is 12.7 Å². The molecule has 1 amide bonds. The molecule has 0 aliphatic carbocycles. The Morgan fingerprint density at radius 3 is 2.95 bits per heavy atom. The molecule has 1 saturated heterocycles. The van der Waals surface area contributed by atoms with Gasteiger partial charge in [-0.25, -0.2) is 0 Å². The second-order valence-electron chi connectivity index (χ2n) is 4.79. The maximum Gasteiger partial charge on any atom is 0.220 e. The first-order chi connectivity index (χ1) is 9.24. The molecule has 2 aliphatic rings. The Morgan fingerprint density at radius 2 is 2.32 bits per heavy atom. The number of nitrogens with one attached hydrogen (secondary N) is 1. The Kier molecular flexibility index (Phi) is 4.88. The third kappa shape index (κ3) is 4.62. The van der Waals surface area contributed by atoms with E-state index < -0.39 is 0 Å². The van der Waals surface area contributed by atoms with Gasteiger partial charge in [0.25, 0.3) is 0 Å². The molecule has 0 saturated carbocycles. The highest BCUT2D eigenvalue weighted by molar-refractivity contribution is 5.76. The van der Waals surface area contributed by atoms with Crippen LogP contribution in [-0.4, -0.2) is 37.6 Å². The van der Waals surface area contributed by atoms with Crippen molar-refractivity contribution in [2.24, 2.45) is 10.2 Å². The second kappa shape index (κ2) is 6.64. The zero-order chi connectivity index (χ0) is 13.6. The molecule has 1 fully saturated rings. The quantitative estimate of drug-likeness (QED) is 0.703. The van der Waals surface area contributed by atoms with E-state index >= 15 is 0 Å². The molecule has 6 heteroatoms. The molecule has 104 valence electrons. The molecule has 0 aromatic rings. The van der Waals surface area contributed by atoms with E-state index in [0.717, 1.165) is 12.8 Å². The van der Waals surface area contributed by atoms with E-state index in [0.29, 0.717) is 39.2 Å². The molecule has 2 rings (SSSR count). The van der Waals surface area contributed by atoms with Gasteiger partial charge in [-0.15, -0.1) is 12.3 Å². The summed E-state index contributed by atoms with van der Waals surface area (Å²) in [6.07, 6.45) is 8.52. The summed E-state index contributed by atoms with van der Waals surface area (Å²) in [6, 6.07) is 0. The van der Waals surface area contributed by atoms with Crippen LogP contribution in [0.15, 0.2) is 10.2 Å². The number of carbonyl (C=O) groups excluding carboxylic acids is 1. The summed E-state index contributed by atoms with van der Waals surface area (Å²) in [7, 11) is 0. The van der Waals surface area contributed by atoms with Gasteiger partial charge in [0.1, 0.15) is 6.79 Å². The van der Waals surface area contributed by atoms with Crippen molar-refractivity contribution in [3.63, 3.8) is 0 Å². The Hall–Kier alpha value is -1.45. The summed E-state index contributed by atoms with van der Waals surface area (Å²) in [4.78, 5) is 11.7. The Balaban J connectivity index is 1.58. The smallest absolute Gasteiger partial charge is 0.220 e. The zero-order valence-corrected chi connectivity index (χ0v) is 10.9. The van der Waals surface area contributed by atoms with Crippen molar-refractivity contribution in [1.82, 2.24) is 5.32 Å². The van der Waals surface area contributed by atoms with E-state index in [1.54, 1.807) is 0 Å². The molecule has 0 spiro atoms. The fourth-order valence-corrected chi connectivity index (χ4v) is 1.96. The normalized spacial score (nSPS) is 23.6. The molecule has 6 nitrogen and oxygen atoms in total. The highest BCUT2D eigenvalue weighted by Gasteiger charge is 2.39. The number of hydrogen-bond acceptors (Lipinski definition) is 5. The van der Waals surface area contributed by atoms with Gasteiger partial charge in [-0.2, -0.15) is 10.2 Å². The Morgan fingerprint density at radius 1 is 1.47 bits per heavy atom. The topological polar surface area (TPSA) is 72.3 Å². The summed E-state index contributed by atoms with van der Waals surface area (Å²) in [6.45, 7) is 1.54. The number of ether oxygens (including phenoxy) is 2. The van der Waals surface area contributed by atoms with Gasteiger partial charge in [-0.1, -0.05) is 0 Å². The SMILES string of the molecule is C#CCCC1(CCC(=O)NCC2CCOCO2)N=N1. The molecule has 0 bridgehead atoms. The second-order valence-corrected chi connectivity index (χ2v) is 4.79. The largest absolute Gasteiger partial charge is 0.355 e. The number of rotatable bonds is 7. The fourth-order valence-electron chi connectivity index (χ4n) is 1.96. The van der Waals surface area contributed by atoms with Gasteiger partial charge >= 0.3 is 0 Å². The van der Waals surface area contributed by atoms with E-state index in [4.69, 9.17) is 15.9 Å². The summed E-state index contributed by atoms with van der Waals surface area (Å²) in [5.74, 6) is 2.58. The minimum Gasteiger partial charge on any atom is -0.355 e. The zero-order valence-electron chi connectivity index (χ0n) is 10.9. The number of terminal acetylenes is 1. The third-order valence-electron chi connectivity index (χ3n) is 3.30. The van der Waals surface area contributed by atoms with E-state index in [-0.39, 0.29) is 17.7 Å². The van der Waals surface area contributed by atoms with Crippen LogP contribution < -0.4 is 5.32 Å². The van der Waals surface area contributed by atoms with Crippen LogP contribution in [0, 0.1) is 12.3 Å². The van der Waals surface area contributed by atoms with Gasteiger partial charge in [-0.05, 0) is 6.42 Å². The summed E-state index contributed by atoms with van der Waals surface area (Å²) < 4.78 is 10.4. The van der Waals surface area contributed by atoms with Crippen LogP contribution >= 0.6 is 0 Å². The van der Waals surface area contributed by atoms with Crippen molar-refractivity contribution in [2.75, 3.05) is 19.9 Å². The first-order valence-corrected chi connectivity index (χ1v) is 6.58. The Labute approximate surface area is 112 Å². The lowest BCUT2D eigenvalue weighted by Crippen LogP contribution is -2.37. The predicted octanol–water partition coefficient (Wildman–Crippen LogP) is 1.22. The summed E-state index contributed by atoms with van der Waals surface area (Å²) in [5, 5.41) is 10.9. The highest BCUT2D eigenvalue weighted by Crippen LogP contribution is 2.37. The van der Waals surface area contributed by atoms with Crippen molar-refractivity contribution in [3.8, 4) is 12.3 Å². The lowest BCUT2D eigenvalue weighted by atomic mass is 10.0. The average Bonchev–Trinajstić information content (AvgIpc) is 3.22. The van der Waals surface area contributed by atoms with Crippen LogP contribution in [0.3, 0.4) is 0 Å². The molecular formula is C13H19N3O3. The van der Waals surface area contributed by atoms with E-state index in [1.807, 2.05) is 0 Å². The number of hydrogen-bond donors (Lipinski definition) is 1. The summed E-state index contributed by atoms with van der Waals surface area (Å²) >= 11 is 0. The van der Waals surface area contributed by atoms with Gasteiger partial charge in [-0.3, -0.25) is 4.79 Å². The van der Waals surface area contributed by atoms with Crippen LogP contribution in [0.4, 0.5) is 0 Å². The van der Waals surface area contributed by atoms with Crippen molar-refractivity contribution >= 4 is 5.91 Å². The maximum atomic E-state index is 11.7. The van der Waals surface area contributed by atoms with Crippen LogP contribution in [0.1, 0.15) is 32.1 Å². The number of amides is 1. The van der Waals surface area contributed by atoms with Gasteiger partial charge in [0.15, 0.2) is 5.66 Å². The molecule has 2 heterocycles. The number of nitrogens with zero attached hydrogens (tertiary/aromatic N) is 2. The highest BCUT2D eigenvalue weighted by atomic mass is 16.7. The molecule has 1 atom stereocenters. The van der Waals surface area contributed by atoms with E-state index in [1.165, 1.54) is 0 Å². The van der Waals surface area contributed by atoms with Crippen LogP contribution in [0.5, 0.6) is 0 Å². The van der Waals surface area contributed by atoms with Gasteiger partial charge < -0.3 is 14.8 Å². The third-order valence-corrected chi connectivity index (χ3v) is 3.30. The number of carbonyl (C=O) groups is 1. The molecule has 19 heavy (non-hydrogen) atoms. The maximum absolute atomic E-state index is 11.7. The first-order valence-electron chi connectivity index (χ1n) is 6.58. The molecule has 0 radical (unpaired) electrons. The molecule has 0 aromatic heterocycles. The van der Waals surface area contributed by atoms with Crippen molar-refractivity contribution in [3.05, 3.63) is 0 Å². The van der Waals surface area contributed by atoms with E-state index in [2.05, 4.69) is 21.5 Å². The monoisotopic (exact) mass is 265 g/mol. The van der Waals surface area contributed by atoms with Gasteiger partial charge in [0.2, 0.25) is 5.91 Å². The minimum absolute atomic E-state index is 0.00692. The Bertz CT molecular complexity index is 377. The molecule has 1 N–H and O–H groups in total. The first kappa shape index (κ1) is 14.0. The minimum atomic E-state index is -0.376. The fraction of sp³-hybridized carbons (Fsp3) is 0.769. The predicted molar refractivity (Wildman–Crippen MR) is 68.2 cm³/mol. The molecular weight excluding hydrogens is 246 g/mol. The van der Waals surface area contributed by atoms with Crippen LogP contribution in [0.2, 0.25) is 0 Å². The van der Waals surface area contributed by atoms with Crippen molar-refractivity contribution in [2.45, 2.75) is 43.9 Å². The average molecular weight is 265 g/mol. The standard InChI is InChI=1S/C13H19N3O3/c1-2-3-6-13(15-16-13)7-4-12(17)14-9-11-5-8-18-10-19-11/h1,11H,3-10H2,(H,14,17). The van der Waals surface area contributed by atoms with E-state index in [9.17, 15) is 4.79 Å². The van der Waals surface area contributed by atoms with Crippen LogP contribution in [0.25, 0.3) is 0 Å².